The number of carbonyl (C=O) groups is 1. The van der Waals surface area contributed by atoms with Gasteiger partial charge in [0, 0.05) is 19.0 Å². The summed E-state index contributed by atoms with van der Waals surface area (Å²) in [5.74, 6) is 2.59. The van der Waals surface area contributed by atoms with Gasteiger partial charge < -0.3 is 14.4 Å². The highest BCUT2D eigenvalue weighted by Crippen LogP contribution is 2.38. The van der Waals surface area contributed by atoms with Crippen molar-refractivity contribution in [2.75, 3.05) is 20.8 Å². The molecule has 2 aliphatic rings. The topological polar surface area (TPSA) is 38.8 Å². The van der Waals surface area contributed by atoms with Crippen molar-refractivity contribution in [2.45, 2.75) is 32.7 Å². The van der Waals surface area contributed by atoms with Crippen LogP contribution >= 0.6 is 0 Å². The van der Waals surface area contributed by atoms with Gasteiger partial charge in [0.25, 0.3) is 0 Å². The molecule has 114 valence electrons. The first kappa shape index (κ1) is 14.2. The van der Waals surface area contributed by atoms with Gasteiger partial charge in [0.05, 0.1) is 14.2 Å². The lowest BCUT2D eigenvalue weighted by Gasteiger charge is -2.31. The highest BCUT2D eigenvalue weighted by atomic mass is 16.5. The zero-order valence-electron chi connectivity index (χ0n) is 13.0. The molecule has 0 saturated heterocycles. The summed E-state index contributed by atoms with van der Waals surface area (Å²) in [5, 5.41) is 0. The Morgan fingerprint density at radius 1 is 1.19 bits per heavy atom. The summed E-state index contributed by atoms with van der Waals surface area (Å²) in [6, 6.07) is 4.05. The molecule has 1 aliphatic heterocycles. The second-order valence-electron chi connectivity index (χ2n) is 6.11. The molecule has 21 heavy (non-hydrogen) atoms. The summed E-state index contributed by atoms with van der Waals surface area (Å²) in [5.41, 5.74) is 2.44. The van der Waals surface area contributed by atoms with E-state index >= 15 is 0 Å². The molecule has 4 nitrogen and oxygen atoms in total. The Hall–Kier alpha value is -1.71. The first-order valence-corrected chi connectivity index (χ1v) is 7.66. The lowest BCUT2D eigenvalue weighted by molar-refractivity contribution is -0.136. The molecule has 1 saturated carbocycles. The predicted molar refractivity (Wildman–Crippen MR) is 80.6 cm³/mol. The number of hydrogen-bond acceptors (Lipinski definition) is 3. The minimum Gasteiger partial charge on any atom is -0.493 e. The Kier molecular flexibility index (Phi) is 3.79. The van der Waals surface area contributed by atoms with E-state index in [2.05, 4.69) is 6.92 Å². The lowest BCUT2D eigenvalue weighted by Crippen LogP contribution is -2.39. The number of hydrogen-bond donors (Lipinski definition) is 0. The van der Waals surface area contributed by atoms with Crippen LogP contribution in [0.3, 0.4) is 0 Å². The van der Waals surface area contributed by atoms with Crippen molar-refractivity contribution in [2.24, 2.45) is 11.8 Å². The van der Waals surface area contributed by atoms with Crippen LogP contribution in [-0.4, -0.2) is 31.6 Å². The van der Waals surface area contributed by atoms with E-state index < -0.39 is 0 Å². The third-order valence-corrected chi connectivity index (χ3v) is 4.75. The first-order chi connectivity index (χ1) is 10.1. The molecule has 0 radical (unpaired) electrons. The van der Waals surface area contributed by atoms with Gasteiger partial charge in [-0.3, -0.25) is 4.79 Å². The van der Waals surface area contributed by atoms with Gasteiger partial charge in [0.1, 0.15) is 0 Å². The normalized spacial score (nSPS) is 18.9. The average molecular weight is 289 g/mol. The minimum atomic E-state index is 0.173. The molecule has 1 aliphatic carbocycles. The van der Waals surface area contributed by atoms with Crippen LogP contribution in [-0.2, 0) is 17.8 Å². The van der Waals surface area contributed by atoms with Gasteiger partial charge in [-0.15, -0.1) is 0 Å². The van der Waals surface area contributed by atoms with Gasteiger partial charge in [0.15, 0.2) is 11.5 Å². The summed E-state index contributed by atoms with van der Waals surface area (Å²) < 4.78 is 10.7. The van der Waals surface area contributed by atoms with Crippen LogP contribution in [0, 0.1) is 11.8 Å². The van der Waals surface area contributed by atoms with Crippen molar-refractivity contribution in [3.8, 4) is 11.5 Å². The largest absolute Gasteiger partial charge is 0.493 e. The fourth-order valence-electron chi connectivity index (χ4n) is 3.16. The van der Waals surface area contributed by atoms with E-state index in [0.29, 0.717) is 18.4 Å². The van der Waals surface area contributed by atoms with Crippen molar-refractivity contribution >= 4 is 5.91 Å². The smallest absolute Gasteiger partial charge is 0.225 e. The van der Waals surface area contributed by atoms with Crippen molar-refractivity contribution < 1.29 is 14.3 Å². The van der Waals surface area contributed by atoms with Crippen LogP contribution in [0.4, 0.5) is 0 Å². The van der Waals surface area contributed by atoms with E-state index in [9.17, 15) is 4.79 Å². The standard InChI is InChI=1S/C17H23NO3/c1-11(12-4-5-12)17(19)18-7-6-13-8-15(20-2)16(21-3)9-14(13)10-18/h8-9,11-12H,4-7,10H2,1-3H3. The Bertz CT molecular complexity index is 551. The van der Waals surface area contributed by atoms with Gasteiger partial charge in [-0.05, 0) is 48.4 Å². The number of benzene rings is 1. The van der Waals surface area contributed by atoms with Crippen LogP contribution in [0.2, 0.25) is 0 Å². The van der Waals surface area contributed by atoms with E-state index in [4.69, 9.17) is 9.47 Å². The zero-order chi connectivity index (χ0) is 15.0. The fourth-order valence-corrected chi connectivity index (χ4v) is 3.16. The molecular formula is C17H23NO3. The number of rotatable bonds is 4. The molecule has 4 heteroatoms. The van der Waals surface area contributed by atoms with Gasteiger partial charge in [-0.25, -0.2) is 0 Å². The highest BCUT2D eigenvalue weighted by molar-refractivity contribution is 5.79. The third-order valence-electron chi connectivity index (χ3n) is 4.75. The number of carbonyl (C=O) groups excluding carboxylic acids is 1. The quantitative estimate of drug-likeness (QED) is 0.855. The summed E-state index contributed by atoms with van der Waals surface area (Å²) >= 11 is 0. The first-order valence-electron chi connectivity index (χ1n) is 7.66. The van der Waals surface area contributed by atoms with Crippen LogP contribution in [0.15, 0.2) is 12.1 Å². The van der Waals surface area contributed by atoms with E-state index in [1.807, 2.05) is 17.0 Å². The molecule has 3 rings (SSSR count). The molecule has 0 N–H and O–H groups in total. The molecule has 0 aromatic heterocycles. The number of methoxy groups -OCH3 is 2. The van der Waals surface area contributed by atoms with E-state index in [0.717, 1.165) is 24.5 Å². The molecule has 0 bridgehead atoms. The van der Waals surface area contributed by atoms with Crippen LogP contribution < -0.4 is 9.47 Å². The summed E-state index contributed by atoms with van der Waals surface area (Å²) in [7, 11) is 3.30. The second-order valence-corrected chi connectivity index (χ2v) is 6.11. The Morgan fingerprint density at radius 3 is 2.38 bits per heavy atom. The number of amides is 1. The molecule has 1 fully saturated rings. The average Bonchev–Trinajstić information content (AvgIpc) is 3.36. The summed E-state index contributed by atoms with van der Waals surface area (Å²) in [6.07, 6.45) is 3.31. The Morgan fingerprint density at radius 2 is 1.81 bits per heavy atom. The van der Waals surface area contributed by atoms with E-state index in [1.165, 1.54) is 24.0 Å². The molecular weight excluding hydrogens is 266 g/mol. The Balaban J connectivity index is 1.79. The maximum absolute atomic E-state index is 12.5. The van der Waals surface area contributed by atoms with Crippen molar-refractivity contribution in [1.29, 1.82) is 0 Å². The second kappa shape index (κ2) is 5.58. The van der Waals surface area contributed by atoms with Crippen LogP contribution in [0.1, 0.15) is 30.9 Å². The van der Waals surface area contributed by atoms with Gasteiger partial charge in [-0.1, -0.05) is 6.92 Å². The minimum absolute atomic E-state index is 0.173. The van der Waals surface area contributed by atoms with Crippen LogP contribution in [0.5, 0.6) is 11.5 Å². The SMILES string of the molecule is COc1cc2c(cc1OC)CN(C(=O)C(C)C1CC1)CC2. The monoisotopic (exact) mass is 289 g/mol. The third kappa shape index (κ3) is 2.71. The van der Waals surface area contributed by atoms with Crippen molar-refractivity contribution in [3.05, 3.63) is 23.3 Å². The maximum atomic E-state index is 12.5. The molecule has 1 unspecified atom stereocenters. The molecule has 1 aromatic rings. The van der Waals surface area contributed by atoms with Gasteiger partial charge in [0.2, 0.25) is 5.91 Å². The number of nitrogens with zero attached hydrogens (tertiary/aromatic N) is 1. The molecule has 1 aromatic carbocycles. The maximum Gasteiger partial charge on any atom is 0.225 e. The summed E-state index contributed by atoms with van der Waals surface area (Å²) in [6.45, 7) is 3.56. The fraction of sp³-hybridized carbons (Fsp3) is 0.588. The predicted octanol–water partition coefficient (Wildman–Crippen LogP) is 2.63. The lowest BCUT2D eigenvalue weighted by atomic mass is 9.96. The molecule has 1 heterocycles. The van der Waals surface area contributed by atoms with E-state index in [1.54, 1.807) is 14.2 Å². The number of ether oxygens (including phenoxy) is 2. The van der Waals surface area contributed by atoms with Crippen molar-refractivity contribution in [3.63, 3.8) is 0 Å². The van der Waals surface area contributed by atoms with Gasteiger partial charge in [-0.2, -0.15) is 0 Å². The van der Waals surface area contributed by atoms with E-state index in [-0.39, 0.29) is 5.92 Å². The number of fused-ring (bicyclic) bond motifs is 1. The van der Waals surface area contributed by atoms with Crippen molar-refractivity contribution in [1.82, 2.24) is 4.90 Å². The molecule has 0 spiro atoms. The van der Waals surface area contributed by atoms with Gasteiger partial charge >= 0.3 is 0 Å². The zero-order valence-corrected chi connectivity index (χ0v) is 13.0. The molecule has 1 amide bonds. The summed E-state index contributed by atoms with van der Waals surface area (Å²) in [4.78, 5) is 14.5. The Labute approximate surface area is 126 Å². The molecule has 1 atom stereocenters. The highest BCUT2D eigenvalue weighted by Gasteiger charge is 2.35. The van der Waals surface area contributed by atoms with Crippen LogP contribution in [0.25, 0.3) is 0 Å².